The van der Waals surface area contributed by atoms with Gasteiger partial charge in [-0.2, -0.15) is 0 Å². The van der Waals surface area contributed by atoms with Crippen molar-refractivity contribution in [3.8, 4) is 0 Å². The lowest BCUT2D eigenvalue weighted by Crippen LogP contribution is -3.00. The van der Waals surface area contributed by atoms with Crippen LogP contribution >= 0.6 is 0 Å². The Kier molecular flexibility index (Phi) is 25.0. The van der Waals surface area contributed by atoms with Crippen LogP contribution in [-0.4, -0.2) is 16.4 Å². The first kappa shape index (κ1) is 16.9. The first-order valence-corrected chi connectivity index (χ1v) is 0.651. The largest absolute Gasteiger partial charge is 1.00 e. The molecule has 0 heterocycles. The summed E-state index contributed by atoms with van der Waals surface area (Å²) in [7, 11) is 0. The van der Waals surface area contributed by atoms with Gasteiger partial charge >= 0.3 is 6.16 Å². The van der Waals surface area contributed by atoms with E-state index in [9.17, 15) is 0 Å². The first-order chi connectivity index (χ1) is 1.73. The second-order valence-electron chi connectivity index (χ2n) is 0.283. The van der Waals surface area contributed by atoms with Crippen molar-refractivity contribution >= 4 is 6.16 Å². The van der Waals surface area contributed by atoms with E-state index in [2.05, 4.69) is 0 Å². The molecule has 0 aromatic rings. The second kappa shape index (κ2) is 8.85. The summed E-state index contributed by atoms with van der Waals surface area (Å²) < 4.78 is 0. The minimum atomic E-state index is -1.83. The van der Waals surface area contributed by atoms with Gasteiger partial charge in [-0.3, -0.25) is 0 Å². The van der Waals surface area contributed by atoms with E-state index in [1.54, 1.807) is 0 Å². The summed E-state index contributed by atoms with van der Waals surface area (Å²) in [6.45, 7) is 0. The zero-order chi connectivity index (χ0) is 3.58. The van der Waals surface area contributed by atoms with E-state index in [1.807, 2.05) is 0 Å². The monoisotopic (exact) mass is 132 g/mol. The maximum atomic E-state index is 8.56. The summed E-state index contributed by atoms with van der Waals surface area (Å²) in [5.41, 5.74) is 0. The molecule has 0 aromatic heterocycles. The summed E-state index contributed by atoms with van der Waals surface area (Å²) in [6.07, 6.45) is -1.83. The molecule has 0 aliphatic carbocycles. The highest BCUT2D eigenvalue weighted by Crippen LogP contribution is 1.42. The van der Waals surface area contributed by atoms with Crippen molar-refractivity contribution in [2.24, 2.45) is 0 Å². The highest BCUT2D eigenvalue weighted by Gasteiger charge is 1.70. The van der Waals surface area contributed by atoms with Crippen molar-refractivity contribution in [2.75, 3.05) is 0 Å². The van der Waals surface area contributed by atoms with E-state index in [1.165, 1.54) is 0 Å². The fourth-order valence-electron chi connectivity index (χ4n) is 0. The topological polar surface area (TPSA) is 57.5 Å². The van der Waals surface area contributed by atoms with Crippen LogP contribution in [0.1, 0.15) is 0 Å². The molecule has 40 valence electrons. The Labute approximate surface area is 46.8 Å². The summed E-state index contributed by atoms with van der Waals surface area (Å²) in [4.78, 5) is 8.56. The van der Waals surface area contributed by atoms with Gasteiger partial charge in [-0.1, -0.05) is 0 Å². The van der Waals surface area contributed by atoms with Crippen LogP contribution in [0.4, 0.5) is 4.79 Å². The number of hydrogen-bond acceptors (Lipinski definition) is 1. The van der Waals surface area contributed by atoms with Crippen molar-refractivity contribution in [2.45, 2.75) is 0 Å². The van der Waals surface area contributed by atoms with Crippen molar-refractivity contribution in [3.63, 3.8) is 0 Å². The maximum Gasteiger partial charge on any atom is 0.503 e. The van der Waals surface area contributed by atoms with Crippen LogP contribution in [0.2, 0.25) is 0 Å². The maximum absolute atomic E-state index is 8.56. The Morgan fingerprint density at radius 3 is 1.17 bits per heavy atom. The lowest BCUT2D eigenvalue weighted by Gasteiger charge is -1.60. The Balaban J connectivity index is -0.0000000450. The predicted molar refractivity (Wildman–Crippen MR) is 10.7 cm³/mol. The fraction of sp³-hybridized carbons (Fsp3) is 0. The van der Waals surface area contributed by atoms with Crippen LogP contribution in [0.3, 0.4) is 0 Å². The summed E-state index contributed by atoms with van der Waals surface area (Å²) in [6, 6.07) is 0. The minimum absolute atomic E-state index is 0. The van der Waals surface area contributed by atoms with Gasteiger partial charge in [0.15, 0.2) is 0 Å². The molecular formula is CH2Cl2O3-2. The molecule has 5 heteroatoms. The van der Waals surface area contributed by atoms with Crippen LogP contribution in [0.15, 0.2) is 0 Å². The number of halogens is 2. The number of rotatable bonds is 0. The van der Waals surface area contributed by atoms with Gasteiger partial charge in [-0.25, -0.2) is 4.79 Å². The summed E-state index contributed by atoms with van der Waals surface area (Å²) in [5.74, 6) is 0. The van der Waals surface area contributed by atoms with E-state index in [0.717, 1.165) is 0 Å². The molecule has 0 rings (SSSR count). The van der Waals surface area contributed by atoms with Crippen LogP contribution in [0.5, 0.6) is 0 Å². The van der Waals surface area contributed by atoms with Gasteiger partial charge in [-0.05, 0) is 0 Å². The molecule has 6 heavy (non-hydrogen) atoms. The molecule has 0 saturated heterocycles. The van der Waals surface area contributed by atoms with Gasteiger partial charge in [0.25, 0.3) is 0 Å². The molecule has 0 saturated carbocycles. The first-order valence-electron chi connectivity index (χ1n) is 0.651. The number of carboxylic acid groups (broad SMARTS) is 2. The van der Waals surface area contributed by atoms with Gasteiger partial charge in [0.1, 0.15) is 0 Å². The smallest absolute Gasteiger partial charge is 0.503 e. The molecule has 0 aliphatic rings. The number of carbonyl (C=O) groups is 1. The lowest BCUT2D eigenvalue weighted by molar-refractivity contribution is -0.00100. The summed E-state index contributed by atoms with van der Waals surface area (Å²) in [5, 5.41) is 13.9. The van der Waals surface area contributed by atoms with Crippen LogP contribution < -0.4 is 24.8 Å². The van der Waals surface area contributed by atoms with Crippen molar-refractivity contribution in [1.29, 1.82) is 0 Å². The minimum Gasteiger partial charge on any atom is -1.00 e. The third kappa shape index (κ3) is 1390. The third-order valence-electron chi connectivity index (χ3n) is 0. The SMILES string of the molecule is O=C(O)O.[Cl-].[Cl-]. The van der Waals surface area contributed by atoms with Gasteiger partial charge in [-0.15, -0.1) is 0 Å². The molecule has 0 atom stereocenters. The fourth-order valence-corrected chi connectivity index (χ4v) is 0. The molecule has 0 aromatic carbocycles. The Morgan fingerprint density at radius 2 is 1.17 bits per heavy atom. The molecule has 0 radical (unpaired) electrons. The molecule has 0 spiro atoms. The highest BCUT2D eigenvalue weighted by molar-refractivity contribution is 5.53. The molecule has 0 amide bonds. The van der Waals surface area contributed by atoms with E-state index in [0.29, 0.717) is 0 Å². The van der Waals surface area contributed by atoms with E-state index < -0.39 is 6.16 Å². The second-order valence-corrected chi connectivity index (χ2v) is 0.283. The van der Waals surface area contributed by atoms with Crippen molar-refractivity contribution in [1.82, 2.24) is 0 Å². The third-order valence-corrected chi connectivity index (χ3v) is 0. The van der Waals surface area contributed by atoms with Gasteiger partial charge in [0, 0.05) is 0 Å². The van der Waals surface area contributed by atoms with E-state index >= 15 is 0 Å². The molecular weight excluding hydrogens is 131 g/mol. The summed E-state index contributed by atoms with van der Waals surface area (Å²) >= 11 is 0. The quantitative estimate of drug-likeness (QED) is 0.346. The number of hydrogen-bond donors (Lipinski definition) is 2. The van der Waals surface area contributed by atoms with Crippen molar-refractivity contribution in [3.05, 3.63) is 0 Å². The van der Waals surface area contributed by atoms with Crippen molar-refractivity contribution < 1.29 is 39.8 Å². The standard InChI is InChI=1S/CH2O3.2ClH/c2-1(3)4;;/h(H2,2,3,4);2*1H/p-2. The average Bonchev–Trinajstić information content (AvgIpc) is 0.811. The Hall–Kier alpha value is -0.150. The normalized spacial score (nSPS) is 4.00. The van der Waals surface area contributed by atoms with Crippen LogP contribution in [0.25, 0.3) is 0 Å². The Morgan fingerprint density at radius 1 is 1.17 bits per heavy atom. The Bertz CT molecular complexity index is 31.8. The predicted octanol–water partition coefficient (Wildman–Crippen LogP) is -5.77. The molecule has 0 fully saturated rings. The zero-order valence-corrected chi connectivity index (χ0v) is 4.07. The van der Waals surface area contributed by atoms with E-state index in [-0.39, 0.29) is 24.8 Å². The molecule has 0 aliphatic heterocycles. The van der Waals surface area contributed by atoms with Crippen LogP contribution in [-0.2, 0) is 0 Å². The zero-order valence-electron chi connectivity index (χ0n) is 2.56. The average molecular weight is 133 g/mol. The van der Waals surface area contributed by atoms with Gasteiger partial charge in [0.05, 0.1) is 0 Å². The molecule has 0 unspecified atom stereocenters. The molecule has 2 N–H and O–H groups in total. The lowest BCUT2D eigenvalue weighted by atomic mass is 11.5. The van der Waals surface area contributed by atoms with E-state index in [4.69, 9.17) is 15.0 Å². The highest BCUT2D eigenvalue weighted by atomic mass is 35.5. The van der Waals surface area contributed by atoms with Crippen LogP contribution in [0, 0.1) is 0 Å². The molecule has 3 nitrogen and oxygen atoms in total. The molecule has 0 bridgehead atoms. The van der Waals surface area contributed by atoms with Gasteiger partial charge in [0.2, 0.25) is 0 Å². The van der Waals surface area contributed by atoms with Gasteiger partial charge < -0.3 is 35.0 Å².